The average Bonchev–Trinajstić information content (AvgIpc) is 2.96. The fourth-order valence-corrected chi connectivity index (χ4v) is 5.40. The van der Waals surface area contributed by atoms with Gasteiger partial charge >= 0.3 is 12.1 Å². The third kappa shape index (κ3) is 14.5. The molecule has 0 heterocycles. The van der Waals surface area contributed by atoms with Crippen molar-refractivity contribution >= 4 is 23.9 Å². The van der Waals surface area contributed by atoms with E-state index >= 15 is 0 Å². The minimum absolute atomic E-state index is 0.00590. The number of carbonyl (C=O) groups excluding carboxylic acids is 4. The summed E-state index contributed by atoms with van der Waals surface area (Å²) < 4.78 is 11.3. The summed E-state index contributed by atoms with van der Waals surface area (Å²) in [6.45, 7) is 20.5. The van der Waals surface area contributed by atoms with E-state index in [-0.39, 0.29) is 18.1 Å². The normalized spacial score (nSPS) is 14.4. The van der Waals surface area contributed by atoms with Gasteiger partial charge in [-0.1, -0.05) is 70.2 Å². The van der Waals surface area contributed by atoms with E-state index < -0.39 is 59.2 Å². The van der Waals surface area contributed by atoms with Crippen molar-refractivity contribution in [3.63, 3.8) is 0 Å². The number of hydrogen-bond donors (Lipinski definition) is 3. The largest absolute Gasteiger partial charge is 0.508 e. The van der Waals surface area contributed by atoms with Gasteiger partial charge in [0.25, 0.3) is 0 Å². The lowest BCUT2D eigenvalue weighted by Crippen LogP contribution is -2.57. The van der Waals surface area contributed by atoms with Crippen LogP contribution in [0.4, 0.5) is 4.79 Å². The lowest BCUT2D eigenvalue weighted by atomic mass is 9.95. The van der Waals surface area contributed by atoms with Crippen LogP contribution in [0.25, 0.3) is 0 Å². The molecule has 0 aliphatic heterocycles. The van der Waals surface area contributed by atoms with Crippen molar-refractivity contribution in [2.75, 3.05) is 0 Å². The Morgan fingerprint density at radius 2 is 1.31 bits per heavy atom. The highest BCUT2D eigenvalue weighted by Crippen LogP contribution is 2.30. The third-order valence-corrected chi connectivity index (χ3v) is 7.61. The smallest absolute Gasteiger partial charge is 0.408 e. The number of aromatic hydroxyl groups is 1. The topological polar surface area (TPSA) is 134 Å². The molecule has 3 N–H and O–H groups in total. The maximum Gasteiger partial charge on any atom is 0.408 e. The second-order valence-corrected chi connectivity index (χ2v) is 15.7. The Labute approximate surface area is 293 Å². The van der Waals surface area contributed by atoms with Crippen molar-refractivity contribution in [2.24, 2.45) is 11.8 Å². The molecule has 0 bridgehead atoms. The van der Waals surface area contributed by atoms with E-state index in [4.69, 9.17) is 9.47 Å². The fraction of sp³-hybridized carbons (Fsp3) is 0.590. The van der Waals surface area contributed by atoms with Gasteiger partial charge in [0, 0.05) is 12.5 Å². The van der Waals surface area contributed by atoms with Gasteiger partial charge < -0.3 is 30.1 Å². The maximum atomic E-state index is 14.8. The molecule has 10 nitrogen and oxygen atoms in total. The zero-order chi connectivity index (χ0) is 37.1. The number of amides is 3. The number of ether oxygens (including phenoxy) is 2. The number of carbonyl (C=O) groups is 4. The minimum atomic E-state index is -1.22. The molecule has 49 heavy (non-hydrogen) atoms. The van der Waals surface area contributed by atoms with Crippen molar-refractivity contribution in [1.29, 1.82) is 0 Å². The van der Waals surface area contributed by atoms with Gasteiger partial charge in [-0.2, -0.15) is 0 Å². The van der Waals surface area contributed by atoms with Crippen molar-refractivity contribution in [3.05, 3.63) is 65.7 Å². The first-order valence-electron chi connectivity index (χ1n) is 17.3. The predicted molar refractivity (Wildman–Crippen MR) is 192 cm³/mol. The van der Waals surface area contributed by atoms with Crippen LogP contribution in [0, 0.1) is 11.8 Å². The molecule has 0 aliphatic rings. The van der Waals surface area contributed by atoms with Crippen LogP contribution < -0.4 is 10.6 Å². The Kier molecular flexibility index (Phi) is 15.2. The molecule has 2 aromatic rings. The Morgan fingerprint density at radius 1 is 0.735 bits per heavy atom. The number of benzene rings is 2. The second-order valence-electron chi connectivity index (χ2n) is 15.7. The summed E-state index contributed by atoms with van der Waals surface area (Å²) in [6.07, 6.45) is 1.07. The molecule has 272 valence electrons. The molecule has 0 saturated carbocycles. The van der Waals surface area contributed by atoms with Gasteiger partial charge in [-0.25, -0.2) is 9.59 Å². The van der Waals surface area contributed by atoms with E-state index in [1.165, 1.54) is 17.0 Å². The second kappa shape index (κ2) is 18.1. The van der Waals surface area contributed by atoms with Crippen molar-refractivity contribution < 1.29 is 33.8 Å². The molecule has 2 rings (SSSR count). The number of nitrogens with zero attached hydrogens (tertiary/aromatic N) is 1. The summed E-state index contributed by atoms with van der Waals surface area (Å²) in [5.74, 6) is -1.32. The first-order valence-corrected chi connectivity index (χ1v) is 17.3. The molecule has 3 amide bonds. The van der Waals surface area contributed by atoms with Gasteiger partial charge in [0.15, 0.2) is 0 Å². The van der Waals surface area contributed by atoms with Crippen LogP contribution in [-0.4, -0.2) is 63.2 Å². The zero-order valence-corrected chi connectivity index (χ0v) is 31.3. The molecule has 2 aromatic carbocycles. The molecule has 4 atom stereocenters. The van der Waals surface area contributed by atoms with E-state index in [2.05, 4.69) is 24.5 Å². The van der Waals surface area contributed by atoms with Gasteiger partial charge in [-0.15, -0.1) is 0 Å². The summed E-state index contributed by atoms with van der Waals surface area (Å²) in [4.78, 5) is 57.5. The van der Waals surface area contributed by atoms with E-state index in [1.54, 1.807) is 53.7 Å². The first-order chi connectivity index (χ1) is 22.7. The lowest BCUT2D eigenvalue weighted by molar-refractivity contribution is -0.159. The van der Waals surface area contributed by atoms with Crippen LogP contribution in [0.3, 0.4) is 0 Å². The number of esters is 1. The number of phenols is 1. The van der Waals surface area contributed by atoms with Gasteiger partial charge in [0.05, 0.1) is 0 Å². The van der Waals surface area contributed by atoms with Crippen LogP contribution >= 0.6 is 0 Å². The number of nitrogens with one attached hydrogen (secondary N) is 2. The van der Waals surface area contributed by atoms with Crippen LogP contribution in [0.1, 0.15) is 113 Å². The highest BCUT2D eigenvalue weighted by molar-refractivity contribution is 5.94. The van der Waals surface area contributed by atoms with Crippen LogP contribution in [0.5, 0.6) is 5.75 Å². The average molecular weight is 682 g/mol. The van der Waals surface area contributed by atoms with Crippen molar-refractivity contribution in [1.82, 2.24) is 15.5 Å². The summed E-state index contributed by atoms with van der Waals surface area (Å²) in [6, 6.07) is 11.7. The molecule has 4 unspecified atom stereocenters. The lowest BCUT2D eigenvalue weighted by Gasteiger charge is -2.39. The summed E-state index contributed by atoms with van der Waals surface area (Å²) in [5.41, 5.74) is -0.346. The molecule has 0 fully saturated rings. The summed E-state index contributed by atoms with van der Waals surface area (Å²) >= 11 is 0. The Morgan fingerprint density at radius 3 is 1.82 bits per heavy atom. The predicted octanol–water partition coefficient (Wildman–Crippen LogP) is 7.10. The summed E-state index contributed by atoms with van der Waals surface area (Å²) in [7, 11) is 0. The molecule has 0 spiro atoms. The zero-order valence-electron chi connectivity index (χ0n) is 31.3. The van der Waals surface area contributed by atoms with Crippen LogP contribution in [0.15, 0.2) is 54.6 Å². The standard InChI is InChI=1S/C39H59N3O7/c1-25(2)17-18-27(5)42(35(45)31(23-26(3)4)41-37(47)49-39(9,10)11)33(29-19-21-30(43)22-20-29)34(44)40-32(36(46)48-38(6,7)8)24-28-15-13-12-14-16-28/h12-16,19-22,25-27,31-33,43H,17-18,23-24H2,1-11H3,(H,40,44)(H,41,47). The summed E-state index contributed by atoms with van der Waals surface area (Å²) in [5, 5.41) is 15.8. The van der Waals surface area contributed by atoms with Gasteiger partial charge in [0.1, 0.15) is 35.1 Å². The molecule has 10 heteroatoms. The van der Waals surface area contributed by atoms with Gasteiger partial charge in [-0.05, 0) is 103 Å². The number of phenolic OH excluding ortho intramolecular Hbond substituents is 1. The molecule has 0 aromatic heterocycles. The highest BCUT2D eigenvalue weighted by atomic mass is 16.6. The monoisotopic (exact) mass is 681 g/mol. The molecule has 0 aliphatic carbocycles. The molecule has 0 radical (unpaired) electrons. The maximum absolute atomic E-state index is 14.8. The number of hydrogen-bond acceptors (Lipinski definition) is 7. The minimum Gasteiger partial charge on any atom is -0.508 e. The highest BCUT2D eigenvalue weighted by Gasteiger charge is 2.40. The number of rotatable bonds is 15. The van der Waals surface area contributed by atoms with E-state index in [0.717, 1.165) is 12.0 Å². The molecule has 0 saturated heterocycles. The Balaban J connectivity index is 2.70. The first kappa shape index (κ1) is 41.1. The quantitative estimate of drug-likeness (QED) is 0.171. The van der Waals surface area contributed by atoms with E-state index in [9.17, 15) is 24.3 Å². The van der Waals surface area contributed by atoms with Gasteiger partial charge in [-0.3, -0.25) is 9.59 Å². The van der Waals surface area contributed by atoms with E-state index in [0.29, 0.717) is 24.3 Å². The van der Waals surface area contributed by atoms with Gasteiger partial charge in [0.2, 0.25) is 11.8 Å². The fourth-order valence-electron chi connectivity index (χ4n) is 5.40. The van der Waals surface area contributed by atoms with Crippen molar-refractivity contribution in [2.45, 2.75) is 137 Å². The van der Waals surface area contributed by atoms with Crippen LogP contribution in [-0.2, 0) is 30.3 Å². The Hall–Kier alpha value is -4.08. The van der Waals surface area contributed by atoms with Crippen LogP contribution in [0.2, 0.25) is 0 Å². The van der Waals surface area contributed by atoms with Crippen molar-refractivity contribution in [3.8, 4) is 5.75 Å². The SMILES string of the molecule is CC(C)CCC(C)N(C(=O)C(CC(C)C)NC(=O)OC(C)(C)C)C(C(=O)NC(Cc1ccccc1)C(=O)OC(C)(C)C)c1ccc(O)cc1. The van der Waals surface area contributed by atoms with E-state index in [1.807, 2.05) is 51.1 Å². The molecular formula is C39H59N3O7. The Bertz CT molecular complexity index is 1360. The number of alkyl carbamates (subject to hydrolysis) is 1. The molecular weight excluding hydrogens is 622 g/mol. The third-order valence-electron chi connectivity index (χ3n) is 7.61.